The highest BCUT2D eigenvalue weighted by molar-refractivity contribution is 5.75. The smallest absolute Gasteiger partial charge is 0.245 e. The Balaban J connectivity index is 1.93. The Morgan fingerprint density at radius 3 is 2.65 bits per heavy atom. The van der Waals surface area contributed by atoms with Crippen molar-refractivity contribution >= 4 is 5.91 Å². The van der Waals surface area contributed by atoms with Crippen LogP contribution in [0.3, 0.4) is 0 Å². The molecule has 0 saturated carbocycles. The van der Waals surface area contributed by atoms with Crippen molar-refractivity contribution in [1.29, 1.82) is 0 Å². The van der Waals surface area contributed by atoms with Crippen LogP contribution in [0.1, 0.15) is 25.3 Å². The number of ether oxygens (including phenoxy) is 1. The number of amides is 1. The molecule has 0 aliphatic heterocycles. The van der Waals surface area contributed by atoms with Crippen molar-refractivity contribution < 1.29 is 14.7 Å². The Kier molecular flexibility index (Phi) is 6.72. The molecule has 0 aliphatic rings. The minimum atomic E-state index is -0.421. The maximum Gasteiger partial charge on any atom is 0.245 e. The van der Waals surface area contributed by atoms with E-state index >= 15 is 0 Å². The fourth-order valence-corrected chi connectivity index (χ4v) is 2.46. The predicted octanol–water partition coefficient (Wildman–Crippen LogP) is 2.98. The Morgan fingerprint density at radius 1 is 1.26 bits per heavy atom. The SMILES string of the molecule is CCOC(CCc1ccc(-c2cccnc2)cc1)CC(=O)NO. The number of hydroxylamine groups is 1. The highest BCUT2D eigenvalue weighted by Crippen LogP contribution is 2.19. The first-order chi connectivity index (χ1) is 11.2. The molecule has 5 heteroatoms. The van der Waals surface area contributed by atoms with Gasteiger partial charge in [-0.25, -0.2) is 5.48 Å². The molecule has 0 fully saturated rings. The number of nitrogens with one attached hydrogen (secondary N) is 1. The van der Waals surface area contributed by atoms with Gasteiger partial charge in [-0.3, -0.25) is 15.0 Å². The van der Waals surface area contributed by atoms with Gasteiger partial charge < -0.3 is 4.74 Å². The summed E-state index contributed by atoms with van der Waals surface area (Å²) in [6.45, 7) is 2.44. The molecule has 23 heavy (non-hydrogen) atoms. The summed E-state index contributed by atoms with van der Waals surface area (Å²) in [5, 5.41) is 8.62. The van der Waals surface area contributed by atoms with Crippen LogP contribution >= 0.6 is 0 Å². The van der Waals surface area contributed by atoms with Gasteiger partial charge in [0, 0.05) is 19.0 Å². The van der Waals surface area contributed by atoms with Gasteiger partial charge in [0.15, 0.2) is 0 Å². The zero-order chi connectivity index (χ0) is 16.5. The maximum atomic E-state index is 11.3. The highest BCUT2D eigenvalue weighted by Gasteiger charge is 2.13. The van der Waals surface area contributed by atoms with Crippen molar-refractivity contribution in [3.05, 3.63) is 54.4 Å². The van der Waals surface area contributed by atoms with E-state index in [-0.39, 0.29) is 12.5 Å². The fraction of sp³-hybridized carbons (Fsp3) is 0.333. The molecule has 2 N–H and O–H groups in total. The Morgan fingerprint density at radius 2 is 2.04 bits per heavy atom. The minimum absolute atomic E-state index is 0.165. The number of rotatable bonds is 8. The van der Waals surface area contributed by atoms with Gasteiger partial charge in [-0.2, -0.15) is 0 Å². The van der Waals surface area contributed by atoms with E-state index in [1.807, 2.05) is 25.3 Å². The van der Waals surface area contributed by atoms with E-state index in [0.717, 1.165) is 24.0 Å². The monoisotopic (exact) mass is 314 g/mol. The highest BCUT2D eigenvalue weighted by atomic mass is 16.5. The number of nitrogens with zero attached hydrogens (tertiary/aromatic N) is 1. The van der Waals surface area contributed by atoms with Gasteiger partial charge in [0.2, 0.25) is 5.91 Å². The van der Waals surface area contributed by atoms with Crippen LogP contribution in [0.5, 0.6) is 0 Å². The zero-order valence-electron chi connectivity index (χ0n) is 13.2. The summed E-state index contributed by atoms with van der Waals surface area (Å²) in [5.74, 6) is -0.421. The quantitative estimate of drug-likeness (QED) is 0.580. The van der Waals surface area contributed by atoms with Gasteiger partial charge in [-0.1, -0.05) is 30.3 Å². The third-order valence-corrected chi connectivity index (χ3v) is 3.64. The molecule has 1 amide bonds. The molecular formula is C18H22N2O3. The van der Waals surface area contributed by atoms with Gasteiger partial charge in [-0.15, -0.1) is 0 Å². The van der Waals surface area contributed by atoms with E-state index < -0.39 is 5.91 Å². The van der Waals surface area contributed by atoms with Crippen LogP contribution < -0.4 is 5.48 Å². The molecule has 0 saturated heterocycles. The van der Waals surface area contributed by atoms with Gasteiger partial charge in [-0.05, 0) is 42.5 Å². The Bertz CT molecular complexity index is 599. The van der Waals surface area contributed by atoms with Crippen molar-refractivity contribution in [2.75, 3.05) is 6.61 Å². The summed E-state index contributed by atoms with van der Waals surface area (Å²) in [6, 6.07) is 12.3. The summed E-state index contributed by atoms with van der Waals surface area (Å²) < 4.78 is 5.55. The lowest BCUT2D eigenvalue weighted by molar-refractivity contribution is -0.132. The Hall–Kier alpha value is -2.24. The molecule has 0 aliphatic carbocycles. The second kappa shape index (κ2) is 9.02. The van der Waals surface area contributed by atoms with Crippen LogP contribution in [0.15, 0.2) is 48.8 Å². The van der Waals surface area contributed by atoms with Crippen molar-refractivity contribution in [3.63, 3.8) is 0 Å². The third-order valence-electron chi connectivity index (χ3n) is 3.64. The lowest BCUT2D eigenvalue weighted by atomic mass is 10.0. The molecule has 0 spiro atoms. The molecule has 1 heterocycles. The van der Waals surface area contributed by atoms with Crippen molar-refractivity contribution in [2.45, 2.75) is 32.3 Å². The van der Waals surface area contributed by atoms with Crippen molar-refractivity contribution in [1.82, 2.24) is 10.5 Å². The summed E-state index contributed by atoms with van der Waals surface area (Å²) in [6.07, 6.45) is 5.12. The molecular weight excluding hydrogens is 292 g/mol. The van der Waals surface area contributed by atoms with Crippen molar-refractivity contribution in [2.24, 2.45) is 0 Å². The van der Waals surface area contributed by atoms with Gasteiger partial charge in [0.1, 0.15) is 0 Å². The molecule has 0 bridgehead atoms. The van der Waals surface area contributed by atoms with Crippen LogP contribution in [0.4, 0.5) is 0 Å². The van der Waals surface area contributed by atoms with E-state index in [1.165, 1.54) is 5.56 Å². The summed E-state index contributed by atoms with van der Waals surface area (Å²) in [7, 11) is 0. The second-order valence-corrected chi connectivity index (χ2v) is 5.29. The first-order valence-electron chi connectivity index (χ1n) is 7.76. The maximum absolute atomic E-state index is 11.3. The largest absolute Gasteiger partial charge is 0.378 e. The first kappa shape index (κ1) is 17.1. The van der Waals surface area contributed by atoms with Crippen LogP contribution in [0.25, 0.3) is 11.1 Å². The molecule has 1 aromatic carbocycles. The first-order valence-corrected chi connectivity index (χ1v) is 7.76. The number of aromatic nitrogens is 1. The van der Waals surface area contributed by atoms with Crippen LogP contribution in [-0.2, 0) is 16.0 Å². The number of carbonyl (C=O) groups is 1. The molecule has 0 radical (unpaired) electrons. The van der Waals surface area contributed by atoms with E-state index in [1.54, 1.807) is 11.7 Å². The molecule has 1 unspecified atom stereocenters. The number of carbonyl (C=O) groups excluding carboxylic acids is 1. The lowest BCUT2D eigenvalue weighted by Gasteiger charge is -2.16. The third kappa shape index (κ3) is 5.47. The topological polar surface area (TPSA) is 71.5 Å². The second-order valence-electron chi connectivity index (χ2n) is 5.29. The zero-order valence-corrected chi connectivity index (χ0v) is 13.2. The number of hydrogen-bond donors (Lipinski definition) is 2. The molecule has 5 nitrogen and oxygen atoms in total. The molecule has 1 atom stereocenters. The average Bonchev–Trinajstić information content (AvgIpc) is 2.61. The fourth-order valence-electron chi connectivity index (χ4n) is 2.46. The summed E-state index contributed by atoms with van der Waals surface area (Å²) >= 11 is 0. The van der Waals surface area contributed by atoms with Crippen LogP contribution in [0, 0.1) is 0 Å². The van der Waals surface area contributed by atoms with Crippen LogP contribution in [0.2, 0.25) is 0 Å². The summed E-state index contributed by atoms with van der Waals surface area (Å²) in [5.41, 5.74) is 5.06. The normalized spacial score (nSPS) is 11.9. The van der Waals surface area contributed by atoms with E-state index in [4.69, 9.17) is 9.94 Å². The lowest BCUT2D eigenvalue weighted by Crippen LogP contribution is -2.26. The standard InChI is InChI=1S/C18H22N2O3/c1-2-23-17(12-18(21)20-22)10-7-14-5-8-15(9-6-14)16-4-3-11-19-13-16/h3-6,8-9,11,13,17,22H,2,7,10,12H2,1H3,(H,20,21). The van der Waals surface area contributed by atoms with Crippen LogP contribution in [-0.4, -0.2) is 28.8 Å². The predicted molar refractivity (Wildman–Crippen MR) is 88.0 cm³/mol. The van der Waals surface area contributed by atoms with E-state index in [0.29, 0.717) is 6.61 Å². The van der Waals surface area contributed by atoms with E-state index in [2.05, 4.69) is 29.2 Å². The number of aryl methyl sites for hydroxylation is 1. The van der Waals surface area contributed by atoms with Gasteiger partial charge in [0.05, 0.1) is 12.5 Å². The number of benzene rings is 1. The average molecular weight is 314 g/mol. The molecule has 2 aromatic rings. The minimum Gasteiger partial charge on any atom is -0.378 e. The van der Waals surface area contributed by atoms with Crippen molar-refractivity contribution in [3.8, 4) is 11.1 Å². The van der Waals surface area contributed by atoms with Gasteiger partial charge >= 0.3 is 0 Å². The number of hydrogen-bond acceptors (Lipinski definition) is 4. The molecule has 1 aromatic heterocycles. The van der Waals surface area contributed by atoms with E-state index in [9.17, 15) is 4.79 Å². The number of pyridine rings is 1. The van der Waals surface area contributed by atoms with Gasteiger partial charge in [0.25, 0.3) is 0 Å². The molecule has 2 rings (SSSR count). The molecule has 122 valence electrons. The Labute approximate surface area is 136 Å². The summed E-state index contributed by atoms with van der Waals surface area (Å²) in [4.78, 5) is 15.4.